The molecule has 198 valence electrons. The van der Waals surface area contributed by atoms with Crippen LogP contribution >= 0.6 is 0 Å². The van der Waals surface area contributed by atoms with Gasteiger partial charge in [-0.15, -0.1) is 0 Å². The van der Waals surface area contributed by atoms with Gasteiger partial charge >= 0.3 is 0 Å². The fourth-order valence-electron chi connectivity index (χ4n) is 5.85. The number of amides is 1. The van der Waals surface area contributed by atoms with E-state index in [0.29, 0.717) is 10.9 Å². The van der Waals surface area contributed by atoms with Crippen LogP contribution in [0.2, 0.25) is 0 Å². The van der Waals surface area contributed by atoms with Gasteiger partial charge in [-0.1, -0.05) is 38.1 Å². The summed E-state index contributed by atoms with van der Waals surface area (Å²) in [6.07, 6.45) is 1.91. The number of aromatic nitrogens is 1. The number of rotatable bonds is 4. The summed E-state index contributed by atoms with van der Waals surface area (Å²) in [6.45, 7) is 11.7. The summed E-state index contributed by atoms with van der Waals surface area (Å²) in [4.78, 5) is 30.7. The van der Waals surface area contributed by atoms with Crippen molar-refractivity contribution < 1.29 is 4.79 Å². The number of anilines is 1. The highest BCUT2D eigenvalue weighted by atomic mass is 16.2. The first-order valence-electron chi connectivity index (χ1n) is 13.5. The van der Waals surface area contributed by atoms with Crippen molar-refractivity contribution in [2.45, 2.75) is 46.7 Å². The number of nitriles is 1. The number of aryl methyl sites for hydroxylation is 1. The van der Waals surface area contributed by atoms with E-state index in [4.69, 9.17) is 5.26 Å². The molecule has 1 amide bonds. The number of piperazine rings is 1. The molecular formula is C33H34N4O2. The standard InChI is InChI=1S/C33H34N4O2/c1-21(2)32(38)37-23(4)19-35(20-24(37)5)27-13-15-28(16-14-27)36-18-22(3)31-29(7-6-8-30(31)33(36)39)26-11-9-25(17-34)10-12-26/h6-16,18,21,23-24H,19-20H2,1-5H3. The van der Waals surface area contributed by atoms with Crippen molar-refractivity contribution in [2.24, 2.45) is 5.92 Å². The SMILES string of the molecule is Cc1cn(-c2ccc(N3CC(C)N(C(=O)C(C)C)C(C)C3)cc2)c(=O)c2cccc(-c3ccc(C#N)cc3)c12. The molecule has 39 heavy (non-hydrogen) atoms. The van der Waals surface area contributed by atoms with Gasteiger partial charge in [0.1, 0.15) is 0 Å². The molecule has 6 heteroatoms. The number of fused-ring (bicyclic) bond motifs is 1. The molecule has 0 bridgehead atoms. The fourth-order valence-corrected chi connectivity index (χ4v) is 5.85. The van der Waals surface area contributed by atoms with Gasteiger partial charge in [0, 0.05) is 54.0 Å². The normalized spacial score (nSPS) is 17.5. The van der Waals surface area contributed by atoms with Crippen molar-refractivity contribution in [2.75, 3.05) is 18.0 Å². The molecule has 1 aliphatic heterocycles. The van der Waals surface area contributed by atoms with E-state index in [2.05, 4.69) is 36.9 Å². The molecule has 4 aromatic rings. The number of nitrogens with zero attached hydrogens (tertiary/aromatic N) is 4. The minimum absolute atomic E-state index is 0.00959. The summed E-state index contributed by atoms with van der Waals surface area (Å²) >= 11 is 0. The minimum atomic E-state index is -0.0677. The first kappa shape index (κ1) is 26.2. The molecule has 0 radical (unpaired) electrons. The molecule has 0 aliphatic carbocycles. The van der Waals surface area contributed by atoms with Crippen molar-refractivity contribution in [1.29, 1.82) is 5.26 Å². The molecule has 2 unspecified atom stereocenters. The predicted octanol–water partition coefficient (Wildman–Crippen LogP) is 5.92. The van der Waals surface area contributed by atoms with E-state index in [1.54, 1.807) is 16.7 Å². The molecule has 1 saturated heterocycles. The number of hydrogen-bond acceptors (Lipinski definition) is 4. The topological polar surface area (TPSA) is 69.3 Å². The third kappa shape index (κ3) is 4.81. The number of hydrogen-bond donors (Lipinski definition) is 0. The van der Waals surface area contributed by atoms with Gasteiger partial charge in [-0.3, -0.25) is 14.2 Å². The van der Waals surface area contributed by atoms with E-state index < -0.39 is 0 Å². The maximum atomic E-state index is 13.7. The number of benzene rings is 3. The van der Waals surface area contributed by atoms with Gasteiger partial charge in [0.05, 0.1) is 11.6 Å². The van der Waals surface area contributed by atoms with Crippen LogP contribution in [0.1, 0.15) is 38.8 Å². The van der Waals surface area contributed by atoms with E-state index in [-0.39, 0.29) is 29.5 Å². The highest BCUT2D eigenvalue weighted by Gasteiger charge is 2.33. The second kappa shape index (κ2) is 10.4. The summed E-state index contributed by atoms with van der Waals surface area (Å²) in [5, 5.41) is 10.7. The maximum absolute atomic E-state index is 13.7. The first-order chi connectivity index (χ1) is 18.7. The Bertz CT molecular complexity index is 1620. The summed E-state index contributed by atoms with van der Waals surface area (Å²) in [5.41, 5.74) is 5.39. The smallest absolute Gasteiger partial charge is 0.262 e. The minimum Gasteiger partial charge on any atom is -0.367 e. The van der Waals surface area contributed by atoms with Gasteiger partial charge in [-0.2, -0.15) is 5.26 Å². The quantitative estimate of drug-likeness (QED) is 0.336. The zero-order chi connectivity index (χ0) is 27.8. The molecule has 0 saturated carbocycles. The second-order valence-electron chi connectivity index (χ2n) is 10.9. The van der Waals surface area contributed by atoms with Gasteiger partial charge in [-0.25, -0.2) is 0 Å². The fraction of sp³-hybridized carbons (Fsp3) is 0.303. The Morgan fingerprint density at radius 1 is 0.923 bits per heavy atom. The number of pyridine rings is 1. The third-order valence-corrected chi connectivity index (χ3v) is 7.72. The highest BCUT2D eigenvalue weighted by molar-refractivity contribution is 5.98. The van der Waals surface area contributed by atoms with Crippen LogP contribution < -0.4 is 10.5 Å². The Kier molecular flexibility index (Phi) is 7.01. The van der Waals surface area contributed by atoms with Crippen LogP contribution in [0.3, 0.4) is 0 Å². The predicted molar refractivity (Wildman–Crippen MR) is 157 cm³/mol. The van der Waals surface area contributed by atoms with Crippen molar-refractivity contribution in [1.82, 2.24) is 9.47 Å². The summed E-state index contributed by atoms with van der Waals surface area (Å²) in [7, 11) is 0. The van der Waals surface area contributed by atoms with E-state index in [0.717, 1.165) is 46.5 Å². The first-order valence-corrected chi connectivity index (χ1v) is 13.5. The molecule has 2 heterocycles. The van der Waals surface area contributed by atoms with E-state index in [9.17, 15) is 9.59 Å². The Balaban J connectivity index is 1.46. The molecule has 0 N–H and O–H groups in total. The molecule has 1 aromatic heterocycles. The lowest BCUT2D eigenvalue weighted by atomic mass is 9.96. The van der Waals surface area contributed by atoms with Crippen LogP contribution in [0.15, 0.2) is 77.7 Å². The van der Waals surface area contributed by atoms with E-state index in [1.165, 1.54) is 0 Å². The molecule has 6 nitrogen and oxygen atoms in total. The van der Waals surface area contributed by atoms with Gasteiger partial charge in [0.25, 0.3) is 5.56 Å². The van der Waals surface area contributed by atoms with Crippen molar-refractivity contribution in [3.63, 3.8) is 0 Å². The Hall–Kier alpha value is -4.37. The monoisotopic (exact) mass is 518 g/mol. The Morgan fingerprint density at radius 3 is 2.13 bits per heavy atom. The molecule has 3 aromatic carbocycles. The summed E-state index contributed by atoms with van der Waals surface area (Å²) in [6, 6.07) is 23.8. The van der Waals surface area contributed by atoms with Gasteiger partial charge in [-0.05, 0) is 85.3 Å². The average Bonchev–Trinajstić information content (AvgIpc) is 2.94. The lowest BCUT2D eigenvalue weighted by Crippen LogP contribution is -2.59. The molecule has 2 atom stereocenters. The highest BCUT2D eigenvalue weighted by Crippen LogP contribution is 2.31. The van der Waals surface area contributed by atoms with E-state index >= 15 is 0 Å². The zero-order valence-corrected chi connectivity index (χ0v) is 23.2. The summed E-state index contributed by atoms with van der Waals surface area (Å²) in [5.74, 6) is 0.197. The largest absolute Gasteiger partial charge is 0.367 e. The zero-order valence-electron chi connectivity index (χ0n) is 23.2. The number of carbonyl (C=O) groups excluding carboxylic acids is 1. The average molecular weight is 519 g/mol. The van der Waals surface area contributed by atoms with Crippen LogP contribution in [-0.4, -0.2) is 40.5 Å². The van der Waals surface area contributed by atoms with Gasteiger partial charge in [0.2, 0.25) is 5.91 Å². The molecular weight excluding hydrogens is 484 g/mol. The molecule has 1 aliphatic rings. The van der Waals surface area contributed by atoms with Crippen LogP contribution in [0.25, 0.3) is 27.6 Å². The van der Waals surface area contributed by atoms with Crippen molar-refractivity contribution in [3.05, 3.63) is 94.4 Å². The summed E-state index contributed by atoms with van der Waals surface area (Å²) < 4.78 is 1.72. The third-order valence-electron chi connectivity index (χ3n) is 7.72. The van der Waals surface area contributed by atoms with Crippen LogP contribution in [-0.2, 0) is 4.79 Å². The molecule has 5 rings (SSSR count). The van der Waals surface area contributed by atoms with Crippen molar-refractivity contribution >= 4 is 22.4 Å². The van der Waals surface area contributed by atoms with Gasteiger partial charge < -0.3 is 9.80 Å². The molecule has 1 fully saturated rings. The maximum Gasteiger partial charge on any atom is 0.262 e. The van der Waals surface area contributed by atoms with Crippen LogP contribution in [0, 0.1) is 24.2 Å². The second-order valence-corrected chi connectivity index (χ2v) is 10.9. The van der Waals surface area contributed by atoms with E-state index in [1.807, 2.05) is 74.3 Å². The van der Waals surface area contributed by atoms with Gasteiger partial charge in [0.15, 0.2) is 0 Å². The Labute approximate surface area is 229 Å². The lowest BCUT2D eigenvalue weighted by molar-refractivity contribution is -0.139. The van der Waals surface area contributed by atoms with Crippen LogP contribution in [0.4, 0.5) is 5.69 Å². The Morgan fingerprint density at radius 2 is 1.54 bits per heavy atom. The van der Waals surface area contributed by atoms with Crippen LogP contribution in [0.5, 0.6) is 0 Å². The van der Waals surface area contributed by atoms with Crippen molar-refractivity contribution in [3.8, 4) is 22.9 Å². The molecule has 0 spiro atoms. The lowest BCUT2D eigenvalue weighted by Gasteiger charge is -2.46. The number of carbonyl (C=O) groups is 1.